The lowest BCUT2D eigenvalue weighted by Crippen LogP contribution is -1.93. The Kier molecular flexibility index (Phi) is 3.45. The van der Waals surface area contributed by atoms with Gasteiger partial charge in [0.15, 0.2) is 0 Å². The lowest BCUT2D eigenvalue weighted by molar-refractivity contribution is 1.16. The van der Waals surface area contributed by atoms with Gasteiger partial charge in [0.05, 0.1) is 11.0 Å². The molecule has 0 atom stereocenters. The molecule has 0 unspecified atom stereocenters. The van der Waals surface area contributed by atoms with E-state index >= 15 is 0 Å². The van der Waals surface area contributed by atoms with Gasteiger partial charge in [0.1, 0.15) is 0 Å². The molecular formula is C29H16N2S2. The van der Waals surface area contributed by atoms with Crippen molar-refractivity contribution >= 4 is 84.8 Å². The van der Waals surface area contributed by atoms with Gasteiger partial charge in [-0.25, -0.2) is 0 Å². The van der Waals surface area contributed by atoms with Crippen LogP contribution in [0, 0.1) is 0 Å². The molecule has 8 rings (SSSR count). The standard InChI is InChI=1S/C29H16N2S2/c1-3-7-24-18(5-1)20-9-11-22-26(28(20)32-24)27-23(31(22)17-13-15-30-16-14-17)12-10-21-19-6-2-4-8-25(19)33-29(21)27/h1-16H. The first-order valence-corrected chi connectivity index (χ1v) is 12.6. The van der Waals surface area contributed by atoms with E-state index in [1.807, 2.05) is 35.1 Å². The van der Waals surface area contributed by atoms with Crippen molar-refractivity contribution < 1.29 is 0 Å². The van der Waals surface area contributed by atoms with Crippen LogP contribution >= 0.6 is 22.7 Å². The van der Waals surface area contributed by atoms with Gasteiger partial charge in [-0.1, -0.05) is 48.5 Å². The Morgan fingerprint density at radius 1 is 0.515 bits per heavy atom. The van der Waals surface area contributed by atoms with Gasteiger partial charge in [-0.05, 0) is 36.4 Å². The smallest absolute Gasteiger partial charge is 0.0556 e. The quantitative estimate of drug-likeness (QED) is 0.241. The molecule has 0 aliphatic heterocycles. The summed E-state index contributed by atoms with van der Waals surface area (Å²) in [6.07, 6.45) is 3.76. The molecule has 0 spiro atoms. The van der Waals surface area contributed by atoms with Crippen LogP contribution in [0.3, 0.4) is 0 Å². The van der Waals surface area contributed by atoms with Crippen molar-refractivity contribution in [2.75, 3.05) is 0 Å². The highest BCUT2D eigenvalue weighted by molar-refractivity contribution is 7.28. The predicted molar refractivity (Wildman–Crippen MR) is 144 cm³/mol. The second-order valence-corrected chi connectivity index (χ2v) is 10.5. The molecule has 4 heterocycles. The Balaban J connectivity index is 1.69. The Morgan fingerprint density at radius 2 is 1.03 bits per heavy atom. The lowest BCUT2D eigenvalue weighted by Gasteiger charge is -2.07. The number of hydrogen-bond donors (Lipinski definition) is 0. The summed E-state index contributed by atoms with van der Waals surface area (Å²) in [5, 5.41) is 8.08. The number of nitrogens with zero attached hydrogens (tertiary/aromatic N) is 2. The van der Waals surface area contributed by atoms with Crippen molar-refractivity contribution in [3.8, 4) is 5.69 Å². The molecule has 0 N–H and O–H groups in total. The van der Waals surface area contributed by atoms with Crippen LogP contribution < -0.4 is 0 Å². The topological polar surface area (TPSA) is 17.8 Å². The normalized spacial score (nSPS) is 12.2. The van der Waals surface area contributed by atoms with Crippen LogP contribution in [-0.4, -0.2) is 9.55 Å². The van der Waals surface area contributed by atoms with Gasteiger partial charge in [0.2, 0.25) is 0 Å². The first-order valence-electron chi connectivity index (χ1n) is 11.0. The highest BCUT2D eigenvalue weighted by Gasteiger charge is 2.20. The predicted octanol–water partition coefficient (Wildman–Crippen LogP) is 8.91. The maximum atomic E-state index is 4.26. The van der Waals surface area contributed by atoms with Gasteiger partial charge >= 0.3 is 0 Å². The van der Waals surface area contributed by atoms with E-state index in [1.54, 1.807) is 0 Å². The van der Waals surface area contributed by atoms with E-state index in [0.29, 0.717) is 0 Å². The molecule has 154 valence electrons. The maximum Gasteiger partial charge on any atom is 0.0556 e. The minimum atomic E-state index is 1.14. The molecule has 4 aromatic carbocycles. The van der Waals surface area contributed by atoms with Gasteiger partial charge in [0, 0.05) is 69.2 Å². The zero-order chi connectivity index (χ0) is 21.5. The van der Waals surface area contributed by atoms with Gasteiger partial charge in [-0.15, -0.1) is 22.7 Å². The Bertz CT molecular complexity index is 1900. The fraction of sp³-hybridized carbons (Fsp3) is 0. The van der Waals surface area contributed by atoms with Crippen LogP contribution in [0.25, 0.3) is 67.8 Å². The summed E-state index contributed by atoms with van der Waals surface area (Å²) in [4.78, 5) is 4.26. The summed E-state index contributed by atoms with van der Waals surface area (Å²) in [6, 6.07) is 30.9. The molecule has 0 fully saturated rings. The van der Waals surface area contributed by atoms with Crippen LogP contribution in [0.15, 0.2) is 97.3 Å². The van der Waals surface area contributed by atoms with E-state index in [1.165, 1.54) is 62.2 Å². The Morgan fingerprint density at radius 3 is 1.58 bits per heavy atom. The summed E-state index contributed by atoms with van der Waals surface area (Å²) in [5.41, 5.74) is 3.64. The largest absolute Gasteiger partial charge is 0.309 e. The van der Waals surface area contributed by atoms with E-state index in [2.05, 4.69) is 94.5 Å². The van der Waals surface area contributed by atoms with Gasteiger partial charge in [0.25, 0.3) is 0 Å². The minimum Gasteiger partial charge on any atom is -0.309 e. The molecular weight excluding hydrogens is 440 g/mol. The second-order valence-electron chi connectivity index (χ2n) is 8.41. The molecule has 0 amide bonds. The highest BCUT2D eigenvalue weighted by atomic mass is 32.1. The van der Waals surface area contributed by atoms with Crippen molar-refractivity contribution in [3.63, 3.8) is 0 Å². The number of aromatic nitrogens is 2. The monoisotopic (exact) mass is 456 g/mol. The van der Waals surface area contributed by atoms with Crippen molar-refractivity contribution in [1.29, 1.82) is 0 Å². The summed E-state index contributed by atoms with van der Waals surface area (Å²) in [6.45, 7) is 0. The molecule has 0 bridgehead atoms. The first kappa shape index (κ1) is 17.8. The van der Waals surface area contributed by atoms with Crippen molar-refractivity contribution in [1.82, 2.24) is 9.55 Å². The zero-order valence-electron chi connectivity index (χ0n) is 17.4. The number of rotatable bonds is 1. The summed E-state index contributed by atoms with van der Waals surface area (Å²) in [7, 11) is 0. The second kappa shape index (κ2) is 6.41. The van der Waals surface area contributed by atoms with E-state index in [9.17, 15) is 0 Å². The molecule has 33 heavy (non-hydrogen) atoms. The molecule has 0 aliphatic carbocycles. The molecule has 0 radical (unpaired) electrons. The fourth-order valence-corrected chi connectivity index (χ4v) is 7.82. The van der Waals surface area contributed by atoms with Crippen LogP contribution in [0.2, 0.25) is 0 Å². The first-order chi connectivity index (χ1) is 16.4. The van der Waals surface area contributed by atoms with E-state index in [0.717, 1.165) is 5.69 Å². The highest BCUT2D eigenvalue weighted by Crippen LogP contribution is 2.47. The average molecular weight is 457 g/mol. The van der Waals surface area contributed by atoms with Crippen LogP contribution in [0.1, 0.15) is 0 Å². The Hall–Kier alpha value is -3.73. The third-order valence-electron chi connectivity index (χ3n) is 6.70. The SMILES string of the molecule is c1ccc2c(c1)sc1c2ccc2c1c1c3sc4ccccc4c3ccc1n2-c1ccncc1. The minimum absolute atomic E-state index is 1.14. The van der Waals surface area contributed by atoms with E-state index < -0.39 is 0 Å². The third-order valence-corrected chi connectivity index (χ3v) is 9.11. The number of thiophene rings is 2. The van der Waals surface area contributed by atoms with E-state index in [4.69, 9.17) is 0 Å². The number of benzene rings is 4. The molecule has 4 aromatic heterocycles. The van der Waals surface area contributed by atoms with Crippen LogP contribution in [0.5, 0.6) is 0 Å². The van der Waals surface area contributed by atoms with Gasteiger partial charge in [-0.2, -0.15) is 0 Å². The van der Waals surface area contributed by atoms with Gasteiger partial charge < -0.3 is 4.57 Å². The third kappa shape index (κ3) is 2.29. The molecule has 0 saturated carbocycles. The Labute approximate surface area is 196 Å². The van der Waals surface area contributed by atoms with Crippen molar-refractivity contribution in [2.45, 2.75) is 0 Å². The number of hydrogen-bond acceptors (Lipinski definition) is 3. The maximum absolute atomic E-state index is 4.26. The molecule has 8 aromatic rings. The van der Waals surface area contributed by atoms with Crippen molar-refractivity contribution in [2.24, 2.45) is 0 Å². The van der Waals surface area contributed by atoms with Gasteiger partial charge in [-0.3, -0.25) is 4.98 Å². The van der Waals surface area contributed by atoms with Crippen LogP contribution in [-0.2, 0) is 0 Å². The average Bonchev–Trinajstić information content (AvgIpc) is 3.53. The summed E-state index contributed by atoms with van der Waals surface area (Å²) in [5.74, 6) is 0. The molecule has 4 heteroatoms. The molecule has 0 saturated heterocycles. The van der Waals surface area contributed by atoms with E-state index in [-0.39, 0.29) is 0 Å². The molecule has 0 aliphatic rings. The van der Waals surface area contributed by atoms with Crippen molar-refractivity contribution in [3.05, 3.63) is 97.3 Å². The fourth-order valence-electron chi connectivity index (χ4n) is 5.31. The molecule has 2 nitrogen and oxygen atoms in total. The number of fused-ring (bicyclic) bond motifs is 11. The van der Waals surface area contributed by atoms with Crippen LogP contribution in [0.4, 0.5) is 0 Å². The number of pyridine rings is 1. The summed E-state index contributed by atoms with van der Waals surface area (Å²) < 4.78 is 7.83. The zero-order valence-corrected chi connectivity index (χ0v) is 19.1. The summed E-state index contributed by atoms with van der Waals surface area (Å²) >= 11 is 3.82. The lowest BCUT2D eigenvalue weighted by atomic mass is 10.1.